The van der Waals surface area contributed by atoms with E-state index in [1.807, 2.05) is 0 Å². The minimum absolute atomic E-state index is 0.423. The predicted octanol–water partition coefficient (Wildman–Crippen LogP) is 10.7. The third-order valence-corrected chi connectivity index (χ3v) is 9.11. The van der Waals surface area contributed by atoms with Gasteiger partial charge in [0, 0.05) is 28.4 Å². The number of fused-ring (bicyclic) bond motifs is 5. The molecule has 0 bridgehead atoms. The summed E-state index contributed by atoms with van der Waals surface area (Å²) in [6, 6.07) is 56.6. The molecule has 9 rings (SSSR count). The summed E-state index contributed by atoms with van der Waals surface area (Å²) in [6.45, 7) is 0. The van der Waals surface area contributed by atoms with Gasteiger partial charge in [0.25, 0.3) is 0 Å². The maximum atomic E-state index is 6.45. The molecule has 2 nitrogen and oxygen atoms in total. The van der Waals surface area contributed by atoms with Crippen LogP contribution in [0.5, 0.6) is 11.5 Å². The molecule has 0 amide bonds. The van der Waals surface area contributed by atoms with E-state index < -0.39 is 5.41 Å². The highest BCUT2D eigenvalue weighted by molar-refractivity contribution is 6.04. The molecule has 0 saturated carbocycles. The molecular formula is C41H27NO. The van der Waals surface area contributed by atoms with Gasteiger partial charge in [-0.3, -0.25) is 0 Å². The molecule has 7 aromatic rings. The van der Waals surface area contributed by atoms with Crippen molar-refractivity contribution in [1.82, 2.24) is 0 Å². The highest BCUT2D eigenvalue weighted by Crippen LogP contribution is 2.56. The van der Waals surface area contributed by atoms with Crippen molar-refractivity contribution in [3.8, 4) is 33.8 Å². The van der Waals surface area contributed by atoms with Crippen LogP contribution < -0.4 is 10.1 Å². The van der Waals surface area contributed by atoms with Crippen LogP contribution in [0.4, 0.5) is 11.4 Å². The first-order chi connectivity index (χ1) is 21.3. The summed E-state index contributed by atoms with van der Waals surface area (Å²) in [5.74, 6) is 1.77. The number of ether oxygens (including phenoxy) is 1. The van der Waals surface area contributed by atoms with Crippen molar-refractivity contribution in [2.45, 2.75) is 5.41 Å². The second-order valence-corrected chi connectivity index (χ2v) is 11.4. The van der Waals surface area contributed by atoms with Crippen LogP contribution in [0, 0.1) is 0 Å². The standard InChI is InChI=1S/C41H27NO/c1-3-13-28(14-4-1)41(29-15-5-2-6-16-29)36-19-8-7-17-32(36)33-23-21-30(25-37(33)41)42-31-22-24-34-35-18-9-11-27-12-10-20-38(40(27)35)43-39(34)26-31/h1-26,42H. The van der Waals surface area contributed by atoms with Gasteiger partial charge in [0.2, 0.25) is 0 Å². The van der Waals surface area contributed by atoms with Gasteiger partial charge in [0.15, 0.2) is 0 Å². The van der Waals surface area contributed by atoms with Gasteiger partial charge in [-0.2, -0.15) is 0 Å². The second-order valence-electron chi connectivity index (χ2n) is 11.4. The van der Waals surface area contributed by atoms with Crippen molar-refractivity contribution in [3.05, 3.63) is 180 Å². The molecule has 0 saturated heterocycles. The smallest absolute Gasteiger partial charge is 0.137 e. The lowest BCUT2D eigenvalue weighted by Crippen LogP contribution is -2.28. The fourth-order valence-corrected chi connectivity index (χ4v) is 7.33. The zero-order valence-corrected chi connectivity index (χ0v) is 23.4. The Labute approximate surface area is 250 Å². The molecule has 0 spiro atoms. The van der Waals surface area contributed by atoms with Gasteiger partial charge >= 0.3 is 0 Å². The number of nitrogens with one attached hydrogen (secondary N) is 1. The first kappa shape index (κ1) is 24.0. The summed E-state index contributed by atoms with van der Waals surface area (Å²) < 4.78 is 6.45. The van der Waals surface area contributed by atoms with Crippen LogP contribution in [-0.2, 0) is 5.41 Å². The van der Waals surface area contributed by atoms with E-state index in [0.29, 0.717) is 0 Å². The first-order valence-electron chi connectivity index (χ1n) is 14.8. The average molecular weight is 550 g/mol. The van der Waals surface area contributed by atoms with Crippen LogP contribution in [0.3, 0.4) is 0 Å². The molecule has 0 fully saturated rings. The van der Waals surface area contributed by atoms with Gasteiger partial charge in [-0.15, -0.1) is 0 Å². The molecule has 1 aliphatic carbocycles. The Kier molecular flexibility index (Phi) is 5.15. The summed E-state index contributed by atoms with van der Waals surface area (Å²) in [5.41, 5.74) is 11.6. The molecule has 1 aliphatic heterocycles. The van der Waals surface area contributed by atoms with E-state index in [9.17, 15) is 0 Å². The van der Waals surface area contributed by atoms with Crippen molar-refractivity contribution < 1.29 is 4.74 Å². The molecule has 1 heterocycles. The minimum atomic E-state index is -0.423. The molecular weight excluding hydrogens is 522 g/mol. The van der Waals surface area contributed by atoms with Gasteiger partial charge in [-0.1, -0.05) is 121 Å². The predicted molar refractivity (Wildman–Crippen MR) is 176 cm³/mol. The van der Waals surface area contributed by atoms with Crippen LogP contribution in [0.2, 0.25) is 0 Å². The Balaban J connectivity index is 1.18. The van der Waals surface area contributed by atoms with Crippen molar-refractivity contribution in [2.24, 2.45) is 0 Å². The lowest BCUT2D eigenvalue weighted by atomic mass is 9.67. The van der Waals surface area contributed by atoms with E-state index in [0.717, 1.165) is 28.4 Å². The lowest BCUT2D eigenvalue weighted by Gasteiger charge is -2.34. The lowest BCUT2D eigenvalue weighted by molar-refractivity contribution is 0.487. The number of anilines is 2. The minimum Gasteiger partial charge on any atom is -0.456 e. The SMILES string of the molecule is c1ccc(C2(c3ccccc3)c3ccccc3-c3ccc(Nc4ccc5c(c4)Oc4cccc6cccc-5c46)cc32)cc1. The van der Waals surface area contributed by atoms with Crippen LogP contribution in [0.25, 0.3) is 33.0 Å². The maximum absolute atomic E-state index is 6.45. The quantitative estimate of drug-likeness (QED) is 0.236. The third kappa shape index (κ3) is 3.47. The fraction of sp³-hybridized carbons (Fsp3) is 0.0244. The van der Waals surface area contributed by atoms with Gasteiger partial charge in [0.05, 0.1) is 5.41 Å². The van der Waals surface area contributed by atoms with Crippen molar-refractivity contribution in [2.75, 3.05) is 5.32 Å². The number of rotatable bonds is 4. The van der Waals surface area contributed by atoms with E-state index in [2.05, 4.69) is 163 Å². The Morgan fingerprint density at radius 2 is 1.02 bits per heavy atom. The average Bonchev–Trinajstić information content (AvgIpc) is 3.36. The topological polar surface area (TPSA) is 21.3 Å². The van der Waals surface area contributed by atoms with Crippen molar-refractivity contribution in [1.29, 1.82) is 0 Å². The molecule has 0 unspecified atom stereocenters. The molecule has 7 aromatic carbocycles. The van der Waals surface area contributed by atoms with Crippen molar-refractivity contribution in [3.63, 3.8) is 0 Å². The molecule has 43 heavy (non-hydrogen) atoms. The molecule has 202 valence electrons. The Morgan fingerprint density at radius 1 is 0.419 bits per heavy atom. The Hall–Kier alpha value is -5.60. The highest BCUT2D eigenvalue weighted by atomic mass is 16.5. The summed E-state index contributed by atoms with van der Waals surface area (Å²) in [5, 5.41) is 6.09. The largest absolute Gasteiger partial charge is 0.456 e. The summed E-state index contributed by atoms with van der Waals surface area (Å²) in [6.07, 6.45) is 0. The maximum Gasteiger partial charge on any atom is 0.137 e. The fourth-order valence-electron chi connectivity index (χ4n) is 7.33. The normalized spacial score (nSPS) is 13.5. The molecule has 1 N–H and O–H groups in total. The molecule has 0 aromatic heterocycles. The molecule has 0 radical (unpaired) electrons. The van der Waals surface area contributed by atoms with Gasteiger partial charge in [0.1, 0.15) is 11.5 Å². The van der Waals surface area contributed by atoms with Crippen molar-refractivity contribution >= 4 is 22.1 Å². The van der Waals surface area contributed by atoms with E-state index in [-0.39, 0.29) is 0 Å². The van der Waals surface area contributed by atoms with Gasteiger partial charge < -0.3 is 10.1 Å². The second kappa shape index (κ2) is 9.20. The number of hydrogen-bond acceptors (Lipinski definition) is 2. The van der Waals surface area contributed by atoms with E-state index >= 15 is 0 Å². The monoisotopic (exact) mass is 549 g/mol. The summed E-state index contributed by atoms with van der Waals surface area (Å²) in [4.78, 5) is 0. The summed E-state index contributed by atoms with van der Waals surface area (Å²) >= 11 is 0. The van der Waals surface area contributed by atoms with E-state index in [1.165, 1.54) is 49.7 Å². The third-order valence-electron chi connectivity index (χ3n) is 9.11. The Morgan fingerprint density at radius 3 is 1.79 bits per heavy atom. The van der Waals surface area contributed by atoms with Crippen LogP contribution >= 0.6 is 0 Å². The summed E-state index contributed by atoms with van der Waals surface area (Å²) in [7, 11) is 0. The van der Waals surface area contributed by atoms with Gasteiger partial charge in [-0.05, 0) is 74.7 Å². The highest BCUT2D eigenvalue weighted by Gasteiger charge is 2.46. The van der Waals surface area contributed by atoms with Crippen LogP contribution in [0.15, 0.2) is 158 Å². The molecule has 0 atom stereocenters. The number of hydrogen-bond donors (Lipinski definition) is 1. The molecule has 2 heteroatoms. The van der Waals surface area contributed by atoms with E-state index in [4.69, 9.17) is 4.74 Å². The van der Waals surface area contributed by atoms with E-state index in [1.54, 1.807) is 0 Å². The molecule has 2 aliphatic rings. The zero-order chi connectivity index (χ0) is 28.4. The Bertz CT molecular complexity index is 2140. The zero-order valence-electron chi connectivity index (χ0n) is 23.4. The van der Waals surface area contributed by atoms with Crippen LogP contribution in [-0.4, -0.2) is 0 Å². The van der Waals surface area contributed by atoms with Crippen LogP contribution in [0.1, 0.15) is 22.3 Å². The first-order valence-corrected chi connectivity index (χ1v) is 14.8. The number of benzene rings is 7. The van der Waals surface area contributed by atoms with Gasteiger partial charge in [-0.25, -0.2) is 0 Å².